The first-order chi connectivity index (χ1) is 7.24. The first-order valence-electron chi connectivity index (χ1n) is 4.92. The van der Waals surface area contributed by atoms with E-state index in [0.717, 1.165) is 11.1 Å². The summed E-state index contributed by atoms with van der Waals surface area (Å²) in [4.78, 5) is 11.0. The molecule has 0 unspecified atom stereocenters. The quantitative estimate of drug-likeness (QED) is 0.924. The topological polar surface area (TPSA) is 37.3 Å². The van der Waals surface area contributed by atoms with Gasteiger partial charge in [-0.05, 0) is 66.4 Å². The zero-order valence-corrected chi connectivity index (χ0v) is 11.1. The molecule has 4 heteroatoms. The van der Waals surface area contributed by atoms with Crippen molar-refractivity contribution in [1.29, 1.82) is 0 Å². The molecule has 0 spiro atoms. The van der Waals surface area contributed by atoms with Crippen LogP contribution in [0.25, 0.3) is 0 Å². The number of carboxylic acid groups (broad SMARTS) is 1. The average Bonchev–Trinajstić information content (AvgIpc) is 2.13. The summed E-state index contributed by atoms with van der Waals surface area (Å²) in [5.41, 5.74) is 0.776. The van der Waals surface area contributed by atoms with Crippen molar-refractivity contribution in [3.8, 4) is 0 Å². The van der Waals surface area contributed by atoms with Crippen LogP contribution in [-0.2, 0) is 11.2 Å². The Labute approximate surface area is 103 Å². The highest BCUT2D eigenvalue weighted by molar-refractivity contribution is 9.10. The highest BCUT2D eigenvalue weighted by atomic mass is 79.9. The maximum Gasteiger partial charge on any atom is 0.309 e. The fraction of sp³-hybridized carbons (Fsp3) is 0.417. The number of aryl methyl sites for hydroxylation is 1. The van der Waals surface area contributed by atoms with Crippen LogP contribution < -0.4 is 0 Å². The van der Waals surface area contributed by atoms with Gasteiger partial charge in [-0.2, -0.15) is 0 Å². The lowest BCUT2D eigenvalue weighted by Gasteiger charge is -2.20. The molecule has 1 N–H and O–H groups in total. The largest absolute Gasteiger partial charge is 0.481 e. The molecule has 1 aromatic rings. The molecule has 88 valence electrons. The van der Waals surface area contributed by atoms with Crippen molar-refractivity contribution in [3.05, 3.63) is 33.5 Å². The van der Waals surface area contributed by atoms with Crippen molar-refractivity contribution < 1.29 is 14.3 Å². The van der Waals surface area contributed by atoms with Crippen LogP contribution in [0.4, 0.5) is 4.39 Å². The SMILES string of the molecule is Cc1cc(F)c(Br)cc1CC(C)(C)C(=O)O. The van der Waals surface area contributed by atoms with Gasteiger partial charge in [0.15, 0.2) is 0 Å². The molecule has 0 heterocycles. The van der Waals surface area contributed by atoms with E-state index >= 15 is 0 Å². The van der Waals surface area contributed by atoms with Gasteiger partial charge in [0, 0.05) is 0 Å². The van der Waals surface area contributed by atoms with Gasteiger partial charge >= 0.3 is 5.97 Å². The lowest BCUT2D eigenvalue weighted by atomic mass is 9.84. The number of rotatable bonds is 3. The molecule has 0 aliphatic heterocycles. The molecule has 16 heavy (non-hydrogen) atoms. The third-order valence-electron chi connectivity index (χ3n) is 2.59. The predicted octanol–water partition coefficient (Wildman–Crippen LogP) is 3.55. The fourth-order valence-corrected chi connectivity index (χ4v) is 1.82. The molecule has 0 bridgehead atoms. The summed E-state index contributed by atoms with van der Waals surface area (Å²) in [6.45, 7) is 5.10. The fourth-order valence-electron chi connectivity index (χ4n) is 1.43. The monoisotopic (exact) mass is 288 g/mol. The summed E-state index contributed by atoms with van der Waals surface area (Å²) < 4.78 is 13.6. The maximum absolute atomic E-state index is 13.2. The number of carboxylic acids is 1. The van der Waals surface area contributed by atoms with Crippen LogP contribution in [0.2, 0.25) is 0 Å². The Balaban J connectivity index is 3.07. The molecule has 0 aliphatic carbocycles. The second-order valence-electron chi connectivity index (χ2n) is 4.56. The number of hydrogen-bond donors (Lipinski definition) is 1. The highest BCUT2D eigenvalue weighted by Crippen LogP contribution is 2.27. The van der Waals surface area contributed by atoms with Gasteiger partial charge in [-0.25, -0.2) is 4.39 Å². The van der Waals surface area contributed by atoms with E-state index in [4.69, 9.17) is 5.11 Å². The van der Waals surface area contributed by atoms with Crippen molar-refractivity contribution in [2.75, 3.05) is 0 Å². The van der Waals surface area contributed by atoms with E-state index in [0.29, 0.717) is 10.9 Å². The van der Waals surface area contributed by atoms with Gasteiger partial charge in [-0.3, -0.25) is 4.79 Å². The van der Waals surface area contributed by atoms with Gasteiger partial charge < -0.3 is 5.11 Å². The Morgan fingerprint density at radius 3 is 2.56 bits per heavy atom. The molecule has 0 saturated heterocycles. The van der Waals surface area contributed by atoms with Crippen molar-refractivity contribution in [3.63, 3.8) is 0 Å². The standard InChI is InChI=1S/C12H14BrFO2/c1-7-4-10(14)9(13)5-8(7)6-12(2,3)11(15)16/h4-5H,6H2,1-3H3,(H,15,16). The number of halogens is 2. The molecule has 0 saturated carbocycles. The molecule has 0 atom stereocenters. The normalized spacial score (nSPS) is 11.6. The van der Waals surface area contributed by atoms with Crippen molar-refractivity contribution in [2.24, 2.45) is 5.41 Å². The van der Waals surface area contributed by atoms with Gasteiger partial charge in [-0.1, -0.05) is 0 Å². The second-order valence-corrected chi connectivity index (χ2v) is 5.41. The van der Waals surface area contributed by atoms with Crippen LogP contribution in [0.3, 0.4) is 0 Å². The summed E-state index contributed by atoms with van der Waals surface area (Å²) in [6, 6.07) is 3.06. The van der Waals surface area contributed by atoms with E-state index in [9.17, 15) is 9.18 Å². The van der Waals surface area contributed by atoms with E-state index in [1.807, 2.05) is 0 Å². The molecule has 0 fully saturated rings. The molecular weight excluding hydrogens is 275 g/mol. The van der Waals surface area contributed by atoms with Crippen molar-refractivity contribution in [1.82, 2.24) is 0 Å². The Morgan fingerprint density at radius 1 is 1.50 bits per heavy atom. The van der Waals surface area contributed by atoms with E-state index in [1.54, 1.807) is 26.8 Å². The number of hydrogen-bond acceptors (Lipinski definition) is 1. The van der Waals surface area contributed by atoms with E-state index < -0.39 is 11.4 Å². The minimum absolute atomic E-state index is 0.325. The molecule has 1 rings (SSSR count). The summed E-state index contributed by atoms with van der Waals surface area (Å²) >= 11 is 3.10. The Morgan fingerprint density at radius 2 is 2.06 bits per heavy atom. The van der Waals surface area contributed by atoms with E-state index in [-0.39, 0.29) is 5.82 Å². The summed E-state index contributed by atoms with van der Waals surface area (Å²) in [7, 11) is 0. The van der Waals surface area contributed by atoms with Crippen LogP contribution >= 0.6 is 15.9 Å². The van der Waals surface area contributed by atoms with Crippen LogP contribution in [0.1, 0.15) is 25.0 Å². The van der Waals surface area contributed by atoms with Crippen LogP contribution in [0.15, 0.2) is 16.6 Å². The third kappa shape index (κ3) is 2.82. The summed E-state index contributed by atoms with van der Waals surface area (Å²) in [5.74, 6) is -1.18. The minimum atomic E-state index is -0.854. The van der Waals surface area contributed by atoms with Gasteiger partial charge in [0.2, 0.25) is 0 Å². The maximum atomic E-state index is 13.2. The van der Waals surface area contributed by atoms with Gasteiger partial charge in [-0.15, -0.1) is 0 Å². The van der Waals surface area contributed by atoms with Crippen molar-refractivity contribution >= 4 is 21.9 Å². The zero-order chi connectivity index (χ0) is 12.5. The predicted molar refractivity (Wildman–Crippen MR) is 64.0 cm³/mol. The van der Waals surface area contributed by atoms with Gasteiger partial charge in [0.05, 0.1) is 9.89 Å². The molecule has 0 aromatic heterocycles. The van der Waals surface area contributed by atoms with Gasteiger partial charge in [0.25, 0.3) is 0 Å². The molecule has 0 amide bonds. The number of carbonyl (C=O) groups is 1. The summed E-state index contributed by atoms with van der Waals surface area (Å²) in [5, 5.41) is 9.03. The smallest absolute Gasteiger partial charge is 0.309 e. The average molecular weight is 289 g/mol. The van der Waals surface area contributed by atoms with Crippen LogP contribution in [-0.4, -0.2) is 11.1 Å². The number of aliphatic carboxylic acids is 1. The molecule has 1 aromatic carbocycles. The van der Waals surface area contributed by atoms with Crippen LogP contribution in [0, 0.1) is 18.2 Å². The second kappa shape index (κ2) is 4.53. The summed E-state index contributed by atoms with van der Waals surface area (Å²) in [6.07, 6.45) is 0.382. The Kier molecular flexibility index (Phi) is 3.73. The Bertz CT molecular complexity index is 427. The lowest BCUT2D eigenvalue weighted by Crippen LogP contribution is -2.26. The van der Waals surface area contributed by atoms with Crippen LogP contribution in [0.5, 0.6) is 0 Å². The molecule has 0 radical (unpaired) electrons. The first-order valence-corrected chi connectivity index (χ1v) is 5.71. The van der Waals surface area contributed by atoms with E-state index in [1.165, 1.54) is 6.07 Å². The van der Waals surface area contributed by atoms with E-state index in [2.05, 4.69) is 15.9 Å². The molecule has 2 nitrogen and oxygen atoms in total. The zero-order valence-electron chi connectivity index (χ0n) is 9.47. The van der Waals surface area contributed by atoms with Crippen molar-refractivity contribution in [2.45, 2.75) is 27.2 Å². The van der Waals surface area contributed by atoms with Gasteiger partial charge in [0.1, 0.15) is 5.82 Å². The Hall–Kier alpha value is -0.900. The minimum Gasteiger partial charge on any atom is -0.481 e. The third-order valence-corrected chi connectivity index (χ3v) is 3.20. The molecular formula is C12H14BrFO2. The lowest BCUT2D eigenvalue weighted by molar-refractivity contribution is -0.146. The number of benzene rings is 1. The molecule has 0 aliphatic rings. The highest BCUT2D eigenvalue weighted by Gasteiger charge is 2.28. The first kappa shape index (κ1) is 13.2.